The van der Waals surface area contributed by atoms with Crippen LogP contribution in [0.1, 0.15) is 27.7 Å². The molecule has 392 valence electrons. The number of aliphatic hydroxyl groups excluding tert-OH is 13. The van der Waals surface area contributed by atoms with Gasteiger partial charge in [0.05, 0.1) is 33.0 Å². The van der Waals surface area contributed by atoms with Crippen LogP contribution in [0.3, 0.4) is 0 Å². The van der Waals surface area contributed by atoms with Crippen LogP contribution in [0.15, 0.2) is 0 Å². The summed E-state index contributed by atoms with van der Waals surface area (Å²) in [6, 6.07) is -6.28. The van der Waals surface area contributed by atoms with Crippen LogP contribution in [0.4, 0.5) is 0 Å². The van der Waals surface area contributed by atoms with Gasteiger partial charge in [-0.2, -0.15) is 0 Å². The lowest BCUT2D eigenvalue weighted by atomic mass is 9.94. The molecule has 0 spiro atoms. The van der Waals surface area contributed by atoms with Gasteiger partial charge in [0.2, 0.25) is 23.6 Å². The molecule has 0 unspecified atom stereocenters. The quantitative estimate of drug-likeness (QED) is 0.0643. The molecule has 5 heterocycles. The van der Waals surface area contributed by atoms with E-state index in [1.807, 2.05) is 0 Å². The van der Waals surface area contributed by atoms with Crippen molar-refractivity contribution in [2.75, 3.05) is 33.0 Å². The van der Waals surface area contributed by atoms with E-state index in [1.54, 1.807) is 0 Å². The van der Waals surface area contributed by atoms with E-state index in [4.69, 9.17) is 42.6 Å². The molecule has 0 aromatic carbocycles. The summed E-state index contributed by atoms with van der Waals surface area (Å²) in [6.45, 7) is 0.0945. The second kappa shape index (κ2) is 24.4. The molecule has 0 aromatic heterocycles. The van der Waals surface area contributed by atoms with Gasteiger partial charge in [-0.05, 0) is 0 Å². The third-order valence-corrected chi connectivity index (χ3v) is 11.9. The van der Waals surface area contributed by atoms with Crippen molar-refractivity contribution in [2.24, 2.45) is 0 Å². The minimum atomic E-state index is -2.22. The lowest BCUT2D eigenvalue weighted by Gasteiger charge is -2.49. The number of aliphatic hydroxyl groups is 13. The monoisotopic (exact) mass is 992 g/mol. The van der Waals surface area contributed by atoms with Crippen LogP contribution in [0.25, 0.3) is 0 Å². The average molecular weight is 993 g/mol. The van der Waals surface area contributed by atoms with Crippen molar-refractivity contribution >= 4 is 23.6 Å². The Balaban J connectivity index is 1.47. The number of carbonyl (C=O) groups is 4. The highest BCUT2D eigenvalue weighted by atomic mass is 16.8. The van der Waals surface area contributed by atoms with Gasteiger partial charge in [-0.3, -0.25) is 19.2 Å². The summed E-state index contributed by atoms with van der Waals surface area (Å²) < 4.78 is 52.0. The fourth-order valence-electron chi connectivity index (χ4n) is 8.44. The standard InChI is InChI=1S/C38H64N4O26/c1-10(46)39-19-28(55)23(50)14(5-43)63-35(19)60-8-17-26(53)32(22(34(59)62-17)42-13(4)49)67-38-31(58)33(68-37-21(41-12(3)48)30(57)25(52)16(7-45)65-37)27(54)18(66-38)9-61-36-20(40-11(2)47)29(56)24(51)15(6-44)64-36/h14-38,43-45,50-59H,5-9H2,1-4H3,(H,39,46)(H,40,47)(H,41,48)(H,42,49)/t14-,15-,16-,17-,18-,19-,20-,21-,22-,23-,24-,25-,26+,27+,28-,29-,30-,31-,32-,33+,34+,35-,36-,37+,38+/m1/s1. The third kappa shape index (κ3) is 12.9. The van der Waals surface area contributed by atoms with E-state index in [0.29, 0.717) is 0 Å². The number of rotatable bonds is 17. The fraction of sp³-hybridized carbons (Fsp3) is 0.895. The molecule has 4 amide bonds. The highest BCUT2D eigenvalue weighted by Crippen LogP contribution is 2.34. The molecule has 0 radical (unpaired) electrons. The van der Waals surface area contributed by atoms with E-state index < -0.39 is 210 Å². The van der Waals surface area contributed by atoms with E-state index in [9.17, 15) is 85.6 Å². The Morgan fingerprint density at radius 2 is 0.706 bits per heavy atom. The van der Waals surface area contributed by atoms with Crippen molar-refractivity contribution < 1.29 is 128 Å². The number of nitrogens with one attached hydrogen (secondary N) is 4. The molecule has 68 heavy (non-hydrogen) atoms. The van der Waals surface area contributed by atoms with Crippen molar-refractivity contribution in [3.05, 3.63) is 0 Å². The lowest BCUT2D eigenvalue weighted by Crippen LogP contribution is -2.70. The maximum atomic E-state index is 12.4. The second-order valence-corrected chi connectivity index (χ2v) is 17.0. The van der Waals surface area contributed by atoms with E-state index >= 15 is 0 Å². The van der Waals surface area contributed by atoms with E-state index in [2.05, 4.69) is 21.3 Å². The topological polar surface area (TPSA) is 462 Å². The Hall–Kier alpha value is -3.00. The van der Waals surface area contributed by atoms with Crippen molar-refractivity contribution in [2.45, 2.75) is 181 Å². The van der Waals surface area contributed by atoms with Gasteiger partial charge in [0.15, 0.2) is 31.5 Å². The van der Waals surface area contributed by atoms with Crippen LogP contribution in [-0.4, -0.2) is 276 Å². The summed E-state index contributed by atoms with van der Waals surface area (Å²) in [5, 5.41) is 150. The first-order valence-electron chi connectivity index (χ1n) is 21.6. The number of amides is 4. The summed E-state index contributed by atoms with van der Waals surface area (Å²) in [7, 11) is 0. The molecular weight excluding hydrogens is 928 g/mol. The SMILES string of the molecule is CC(=O)N[C@@H]1[C@@H](O[C@@H]2O[C@H](CO[C@@H]3O[C@H](CO)[C@@H](O)[C@H](O)[C@H]3NC(C)=O)[C@H](O)[C@H](O[C@@H]3O[C@H](CO)[C@@H](O)[C@H](O)[C@H]3NC(C)=O)[C@H]2O)[C@@H](O)[C@@H](CO[C@@H]2O[C@H](CO)[C@@H](O)[C@H](O)[C@H]2NC(C)=O)O[C@@H]1O. The minimum absolute atomic E-state index is 0.689. The number of hydrogen-bond acceptors (Lipinski definition) is 26. The molecule has 5 fully saturated rings. The molecular formula is C38H64N4O26. The number of carbonyl (C=O) groups excluding carboxylic acids is 4. The van der Waals surface area contributed by atoms with E-state index in [-0.39, 0.29) is 0 Å². The zero-order chi connectivity index (χ0) is 50.5. The number of ether oxygens (including phenoxy) is 9. The van der Waals surface area contributed by atoms with Gasteiger partial charge in [0, 0.05) is 27.7 Å². The van der Waals surface area contributed by atoms with Gasteiger partial charge in [-0.15, -0.1) is 0 Å². The summed E-state index contributed by atoms with van der Waals surface area (Å²) >= 11 is 0. The molecule has 5 aliphatic heterocycles. The first kappa shape index (κ1) is 55.9. The minimum Gasteiger partial charge on any atom is -0.394 e. The average Bonchev–Trinajstić information content (AvgIpc) is 3.27. The van der Waals surface area contributed by atoms with Crippen LogP contribution >= 0.6 is 0 Å². The zero-order valence-corrected chi connectivity index (χ0v) is 37.1. The smallest absolute Gasteiger partial charge is 0.217 e. The van der Waals surface area contributed by atoms with Gasteiger partial charge < -0.3 is 130 Å². The summed E-state index contributed by atoms with van der Waals surface area (Å²) in [5.74, 6) is -2.97. The van der Waals surface area contributed by atoms with Gasteiger partial charge in [0.25, 0.3) is 0 Å². The summed E-state index contributed by atoms with van der Waals surface area (Å²) in [5.41, 5.74) is 0. The van der Waals surface area contributed by atoms with Crippen molar-refractivity contribution in [1.29, 1.82) is 0 Å². The second-order valence-electron chi connectivity index (χ2n) is 17.0. The molecule has 0 aromatic rings. The number of hydrogen-bond donors (Lipinski definition) is 17. The lowest BCUT2D eigenvalue weighted by molar-refractivity contribution is -0.371. The Morgan fingerprint density at radius 1 is 0.382 bits per heavy atom. The Kier molecular flexibility index (Phi) is 20.1. The Bertz CT molecular complexity index is 1680. The predicted octanol–water partition coefficient (Wildman–Crippen LogP) is -11.3. The van der Waals surface area contributed by atoms with Gasteiger partial charge in [-0.1, -0.05) is 0 Å². The Labute approximate surface area is 386 Å². The van der Waals surface area contributed by atoms with Crippen LogP contribution < -0.4 is 21.3 Å². The normalized spacial score (nSPS) is 45.5. The van der Waals surface area contributed by atoms with Crippen molar-refractivity contribution in [3.63, 3.8) is 0 Å². The third-order valence-electron chi connectivity index (χ3n) is 11.9. The van der Waals surface area contributed by atoms with Crippen molar-refractivity contribution in [1.82, 2.24) is 21.3 Å². The van der Waals surface area contributed by atoms with Crippen LogP contribution in [-0.2, 0) is 61.8 Å². The van der Waals surface area contributed by atoms with Gasteiger partial charge in [0.1, 0.15) is 122 Å². The molecule has 5 aliphatic rings. The highest BCUT2D eigenvalue weighted by molar-refractivity contribution is 5.74. The van der Waals surface area contributed by atoms with Gasteiger partial charge >= 0.3 is 0 Å². The molecule has 0 aliphatic carbocycles. The molecule has 17 N–H and O–H groups in total. The maximum Gasteiger partial charge on any atom is 0.217 e. The Morgan fingerprint density at radius 3 is 1.10 bits per heavy atom. The molecule has 0 bridgehead atoms. The van der Waals surface area contributed by atoms with E-state index in [1.165, 1.54) is 0 Å². The molecule has 30 nitrogen and oxygen atoms in total. The predicted molar refractivity (Wildman–Crippen MR) is 213 cm³/mol. The van der Waals surface area contributed by atoms with Gasteiger partial charge in [-0.25, -0.2) is 0 Å². The molecule has 5 rings (SSSR count). The molecule has 25 atom stereocenters. The van der Waals surface area contributed by atoms with Crippen LogP contribution in [0.2, 0.25) is 0 Å². The first-order chi connectivity index (χ1) is 32.0. The first-order valence-corrected chi connectivity index (χ1v) is 21.6. The zero-order valence-electron chi connectivity index (χ0n) is 37.1. The summed E-state index contributed by atoms with van der Waals surface area (Å²) in [4.78, 5) is 48.7. The van der Waals surface area contributed by atoms with Crippen LogP contribution in [0.5, 0.6) is 0 Å². The molecule has 30 heteroatoms. The van der Waals surface area contributed by atoms with Crippen molar-refractivity contribution in [3.8, 4) is 0 Å². The molecule has 0 saturated carbocycles. The largest absolute Gasteiger partial charge is 0.394 e. The van der Waals surface area contributed by atoms with E-state index in [0.717, 1.165) is 27.7 Å². The maximum absolute atomic E-state index is 12.4. The highest BCUT2D eigenvalue weighted by Gasteiger charge is 2.56. The van der Waals surface area contributed by atoms with Crippen LogP contribution in [0, 0.1) is 0 Å². The fourth-order valence-corrected chi connectivity index (χ4v) is 8.44. The summed E-state index contributed by atoms with van der Waals surface area (Å²) in [6.07, 6.45) is -38.0. The molecule has 5 saturated heterocycles.